The Bertz CT molecular complexity index is 538. The Labute approximate surface area is 131 Å². The van der Waals surface area contributed by atoms with E-state index >= 15 is 0 Å². The molecule has 2 N–H and O–H groups in total. The van der Waals surface area contributed by atoms with Crippen LogP contribution in [0.3, 0.4) is 0 Å². The summed E-state index contributed by atoms with van der Waals surface area (Å²) in [6.07, 6.45) is -7.38. The molecule has 1 aromatic rings. The van der Waals surface area contributed by atoms with E-state index < -0.39 is 24.9 Å². The lowest BCUT2D eigenvalue weighted by Crippen LogP contribution is -2.43. The summed E-state index contributed by atoms with van der Waals surface area (Å²) in [6, 6.07) is 4.00. The molecule has 0 aliphatic carbocycles. The van der Waals surface area contributed by atoms with Crippen molar-refractivity contribution in [2.45, 2.75) is 12.3 Å². The molecule has 0 heterocycles. The monoisotopic (exact) mass is 339 g/mol. The van der Waals surface area contributed by atoms with Crippen LogP contribution in [0.2, 0.25) is 5.02 Å². The van der Waals surface area contributed by atoms with E-state index in [9.17, 15) is 18.0 Å². The van der Waals surface area contributed by atoms with E-state index in [1.165, 1.54) is 6.07 Å². The van der Waals surface area contributed by atoms with Crippen LogP contribution in [0.1, 0.15) is 0 Å². The first-order valence-corrected chi connectivity index (χ1v) is 6.64. The van der Waals surface area contributed by atoms with Gasteiger partial charge in [0.25, 0.3) is 0 Å². The number of aliphatic hydroxyl groups is 1. The van der Waals surface area contributed by atoms with Gasteiger partial charge >= 0.3 is 12.2 Å². The minimum Gasteiger partial charge on any atom is -0.382 e. The molecule has 124 valence electrons. The van der Waals surface area contributed by atoms with Gasteiger partial charge in [0.1, 0.15) is 0 Å². The molecular formula is C13H17ClF3N3O2. The minimum absolute atomic E-state index is 0.357. The summed E-state index contributed by atoms with van der Waals surface area (Å²) in [7, 11) is 4.65. The summed E-state index contributed by atoms with van der Waals surface area (Å²) < 4.78 is 36.9. The number of hydrogen-bond donors (Lipinski definition) is 2. The van der Waals surface area contributed by atoms with E-state index in [4.69, 9.17) is 16.7 Å². The number of anilines is 2. The van der Waals surface area contributed by atoms with Gasteiger partial charge in [0, 0.05) is 26.2 Å². The Kier molecular flexibility index (Phi) is 5.90. The number of aliphatic hydroxyl groups excluding tert-OH is 1. The Morgan fingerprint density at radius 1 is 1.36 bits per heavy atom. The number of rotatable bonds is 4. The molecule has 0 saturated carbocycles. The minimum atomic E-state index is -4.78. The van der Waals surface area contributed by atoms with Crippen molar-refractivity contribution in [1.29, 1.82) is 0 Å². The number of likely N-dealkylation sites (N-methyl/N-ethyl adjacent to an activating group) is 1. The number of carbonyl (C=O) groups is 1. The summed E-state index contributed by atoms with van der Waals surface area (Å²) in [5.74, 6) is 0. The smallest absolute Gasteiger partial charge is 0.382 e. The molecule has 1 atom stereocenters. The highest BCUT2D eigenvalue weighted by atomic mass is 35.5. The van der Waals surface area contributed by atoms with Gasteiger partial charge in [0.05, 0.1) is 17.9 Å². The molecule has 9 heteroatoms. The molecule has 0 aromatic heterocycles. The number of carbonyl (C=O) groups excluding carboxylic acids is 1. The summed E-state index contributed by atoms with van der Waals surface area (Å²) in [5.41, 5.74) is 0.998. The molecule has 1 rings (SSSR count). The first-order chi connectivity index (χ1) is 10.0. The third-order valence-corrected chi connectivity index (χ3v) is 3.09. The lowest BCUT2D eigenvalue weighted by Gasteiger charge is -2.24. The van der Waals surface area contributed by atoms with Crippen LogP contribution in [0.25, 0.3) is 0 Å². The van der Waals surface area contributed by atoms with Gasteiger partial charge in [-0.25, -0.2) is 4.79 Å². The second-order valence-corrected chi connectivity index (χ2v) is 5.36. The molecule has 0 radical (unpaired) electrons. The van der Waals surface area contributed by atoms with E-state index in [1.54, 1.807) is 31.1 Å². The van der Waals surface area contributed by atoms with Crippen LogP contribution in [-0.2, 0) is 0 Å². The van der Waals surface area contributed by atoms with Crippen LogP contribution in [0.15, 0.2) is 18.2 Å². The SMILES string of the molecule is CN(C[C@H](O)C(F)(F)F)C(=O)Nc1cc(Cl)ccc1N(C)C. The fraction of sp³-hybridized carbons (Fsp3) is 0.462. The molecule has 0 aliphatic heterocycles. The number of halogens is 4. The average molecular weight is 340 g/mol. The summed E-state index contributed by atoms with van der Waals surface area (Å²) in [5, 5.41) is 11.8. The zero-order chi connectivity index (χ0) is 17.1. The maximum atomic E-state index is 12.3. The quantitative estimate of drug-likeness (QED) is 0.887. The highest BCUT2D eigenvalue weighted by molar-refractivity contribution is 6.31. The third kappa shape index (κ3) is 4.96. The number of alkyl halides is 3. The molecule has 0 fully saturated rings. The van der Waals surface area contributed by atoms with Crippen LogP contribution < -0.4 is 10.2 Å². The fourth-order valence-corrected chi connectivity index (χ4v) is 1.83. The van der Waals surface area contributed by atoms with E-state index in [1.807, 2.05) is 0 Å². The Morgan fingerprint density at radius 3 is 2.45 bits per heavy atom. The molecule has 0 unspecified atom stereocenters. The standard InChI is InChI=1S/C13H17ClF3N3O2/c1-19(2)10-5-4-8(14)6-9(10)18-12(22)20(3)7-11(21)13(15,16)17/h4-6,11,21H,7H2,1-3H3,(H,18,22)/t11-/m0/s1. The lowest BCUT2D eigenvalue weighted by molar-refractivity contribution is -0.205. The fourth-order valence-electron chi connectivity index (χ4n) is 1.65. The van der Waals surface area contributed by atoms with E-state index in [0.29, 0.717) is 16.4 Å². The van der Waals surface area contributed by atoms with Crippen molar-refractivity contribution in [2.75, 3.05) is 37.9 Å². The van der Waals surface area contributed by atoms with E-state index in [2.05, 4.69) is 5.32 Å². The number of amides is 2. The zero-order valence-electron chi connectivity index (χ0n) is 12.3. The van der Waals surface area contributed by atoms with Crippen molar-refractivity contribution in [2.24, 2.45) is 0 Å². The normalized spacial score (nSPS) is 12.7. The van der Waals surface area contributed by atoms with E-state index in [0.717, 1.165) is 11.9 Å². The molecular weight excluding hydrogens is 323 g/mol. The van der Waals surface area contributed by atoms with Gasteiger partial charge in [-0.15, -0.1) is 0 Å². The van der Waals surface area contributed by atoms with E-state index in [-0.39, 0.29) is 0 Å². The predicted molar refractivity (Wildman–Crippen MR) is 79.5 cm³/mol. The van der Waals surface area contributed by atoms with Gasteiger partial charge in [0.15, 0.2) is 6.10 Å². The summed E-state index contributed by atoms with van der Waals surface area (Å²) in [6.45, 7) is -0.868. The maximum Gasteiger partial charge on any atom is 0.416 e. The number of hydrogen-bond acceptors (Lipinski definition) is 3. The van der Waals surface area contributed by atoms with Gasteiger partial charge in [-0.3, -0.25) is 0 Å². The Morgan fingerprint density at radius 2 is 1.95 bits per heavy atom. The van der Waals surface area contributed by atoms with Crippen LogP contribution in [-0.4, -0.2) is 56.0 Å². The van der Waals surface area contributed by atoms with Gasteiger partial charge < -0.3 is 20.2 Å². The lowest BCUT2D eigenvalue weighted by atomic mass is 10.2. The molecule has 0 spiro atoms. The molecule has 1 aromatic carbocycles. The van der Waals surface area contributed by atoms with Crippen LogP contribution in [0.4, 0.5) is 29.3 Å². The van der Waals surface area contributed by atoms with Crippen LogP contribution >= 0.6 is 11.6 Å². The highest BCUT2D eigenvalue weighted by Gasteiger charge is 2.39. The van der Waals surface area contributed by atoms with Crippen molar-refractivity contribution < 1.29 is 23.1 Å². The summed E-state index contributed by atoms with van der Waals surface area (Å²) in [4.78, 5) is 14.4. The molecule has 0 bridgehead atoms. The zero-order valence-corrected chi connectivity index (χ0v) is 13.0. The third-order valence-electron chi connectivity index (χ3n) is 2.85. The molecule has 22 heavy (non-hydrogen) atoms. The summed E-state index contributed by atoms with van der Waals surface area (Å²) >= 11 is 5.86. The van der Waals surface area contributed by atoms with Crippen molar-refractivity contribution in [3.8, 4) is 0 Å². The molecule has 0 aliphatic rings. The average Bonchev–Trinajstić information content (AvgIpc) is 2.36. The molecule has 0 saturated heterocycles. The number of nitrogens with zero attached hydrogens (tertiary/aromatic N) is 2. The Balaban J connectivity index is 2.82. The topological polar surface area (TPSA) is 55.8 Å². The Hall–Kier alpha value is -1.67. The first kappa shape index (κ1) is 18.4. The van der Waals surface area contributed by atoms with Gasteiger partial charge in [0.2, 0.25) is 0 Å². The number of benzene rings is 1. The van der Waals surface area contributed by atoms with Crippen molar-refractivity contribution >= 4 is 29.0 Å². The number of nitrogens with one attached hydrogen (secondary N) is 1. The second kappa shape index (κ2) is 7.06. The van der Waals surface area contributed by atoms with Crippen molar-refractivity contribution in [3.05, 3.63) is 23.2 Å². The van der Waals surface area contributed by atoms with Crippen molar-refractivity contribution in [1.82, 2.24) is 4.90 Å². The number of urea groups is 1. The molecule has 2 amide bonds. The van der Waals surface area contributed by atoms with Gasteiger partial charge in [-0.2, -0.15) is 13.2 Å². The van der Waals surface area contributed by atoms with Crippen molar-refractivity contribution in [3.63, 3.8) is 0 Å². The highest BCUT2D eigenvalue weighted by Crippen LogP contribution is 2.28. The van der Waals surface area contributed by atoms with Gasteiger partial charge in [-0.05, 0) is 18.2 Å². The maximum absolute atomic E-state index is 12.3. The van der Waals surface area contributed by atoms with Crippen LogP contribution in [0, 0.1) is 0 Å². The molecule has 5 nitrogen and oxygen atoms in total. The predicted octanol–water partition coefficient (Wildman–Crippen LogP) is 2.79. The second-order valence-electron chi connectivity index (χ2n) is 4.92. The van der Waals surface area contributed by atoms with Gasteiger partial charge in [-0.1, -0.05) is 11.6 Å². The van der Waals surface area contributed by atoms with Crippen LogP contribution in [0.5, 0.6) is 0 Å². The first-order valence-electron chi connectivity index (χ1n) is 6.26. The largest absolute Gasteiger partial charge is 0.416 e.